The van der Waals surface area contributed by atoms with Crippen molar-refractivity contribution in [2.75, 3.05) is 0 Å². The van der Waals surface area contributed by atoms with Gasteiger partial charge in [-0.1, -0.05) is 24.3 Å². The Morgan fingerprint density at radius 2 is 1.56 bits per heavy atom. The molecule has 2 amide bonds. The maximum atomic E-state index is 12.4. The van der Waals surface area contributed by atoms with E-state index in [-0.39, 0.29) is 23.5 Å². The number of esters is 1. The molecule has 140 valence electrons. The van der Waals surface area contributed by atoms with Crippen molar-refractivity contribution >= 4 is 17.8 Å². The van der Waals surface area contributed by atoms with Crippen molar-refractivity contribution in [3.63, 3.8) is 0 Å². The molecular formula is C19H15F2NO5. The second-order valence-corrected chi connectivity index (χ2v) is 5.83. The first-order chi connectivity index (χ1) is 12.9. The third-order valence-corrected chi connectivity index (χ3v) is 4.08. The normalized spacial score (nSPS) is 14.3. The number of hydrogen-bond acceptors (Lipinski definition) is 5. The van der Waals surface area contributed by atoms with Crippen molar-refractivity contribution in [1.82, 2.24) is 4.90 Å². The van der Waals surface area contributed by atoms with Crippen molar-refractivity contribution < 1.29 is 32.6 Å². The highest BCUT2D eigenvalue weighted by Gasteiger charge is 2.41. The number of nitrogens with zero attached hydrogens (tertiary/aromatic N) is 1. The summed E-state index contributed by atoms with van der Waals surface area (Å²) in [4.78, 5) is 37.9. The zero-order valence-electron chi connectivity index (χ0n) is 14.2. The lowest BCUT2D eigenvalue weighted by atomic mass is 10.1. The van der Waals surface area contributed by atoms with E-state index in [0.29, 0.717) is 5.56 Å². The van der Waals surface area contributed by atoms with Crippen molar-refractivity contribution in [2.45, 2.75) is 26.2 Å². The Morgan fingerprint density at radius 1 is 1.00 bits per heavy atom. The number of ether oxygens (including phenoxy) is 2. The monoisotopic (exact) mass is 375 g/mol. The van der Waals surface area contributed by atoms with Crippen LogP contribution in [-0.2, 0) is 16.1 Å². The van der Waals surface area contributed by atoms with Gasteiger partial charge in [-0.15, -0.1) is 0 Å². The zero-order chi connectivity index (χ0) is 19.6. The Labute approximate surface area is 153 Å². The zero-order valence-corrected chi connectivity index (χ0v) is 14.2. The Bertz CT molecular complexity index is 847. The van der Waals surface area contributed by atoms with Crippen LogP contribution in [0.3, 0.4) is 0 Å². The fraction of sp³-hybridized carbons (Fsp3) is 0.211. The summed E-state index contributed by atoms with van der Waals surface area (Å²) in [5.41, 5.74) is 1.04. The van der Waals surface area contributed by atoms with Gasteiger partial charge in [0.25, 0.3) is 11.8 Å². The highest BCUT2D eigenvalue weighted by molar-refractivity contribution is 6.22. The Balaban J connectivity index is 1.62. The molecule has 0 aliphatic carbocycles. The molecule has 8 heteroatoms. The van der Waals surface area contributed by atoms with Gasteiger partial charge in [0.05, 0.1) is 11.1 Å². The van der Waals surface area contributed by atoms with Gasteiger partial charge in [0.15, 0.2) is 0 Å². The third kappa shape index (κ3) is 3.79. The van der Waals surface area contributed by atoms with Gasteiger partial charge in [-0.05, 0) is 36.8 Å². The minimum atomic E-state index is -2.92. The molecular weight excluding hydrogens is 360 g/mol. The van der Waals surface area contributed by atoms with E-state index in [1.54, 1.807) is 12.1 Å². The number of halogens is 2. The van der Waals surface area contributed by atoms with Gasteiger partial charge < -0.3 is 9.47 Å². The number of carbonyl (C=O) groups is 3. The molecule has 1 atom stereocenters. The molecule has 2 aromatic rings. The van der Waals surface area contributed by atoms with Crippen LogP contribution in [0.5, 0.6) is 5.75 Å². The van der Waals surface area contributed by atoms with Crippen molar-refractivity contribution in [1.29, 1.82) is 0 Å². The highest BCUT2D eigenvalue weighted by atomic mass is 19.3. The van der Waals surface area contributed by atoms with E-state index in [1.165, 1.54) is 43.3 Å². The summed E-state index contributed by atoms with van der Waals surface area (Å²) in [6.45, 7) is -1.65. The van der Waals surface area contributed by atoms with Gasteiger partial charge in [-0.3, -0.25) is 14.5 Å². The van der Waals surface area contributed by atoms with Gasteiger partial charge in [0.2, 0.25) is 0 Å². The fourth-order valence-corrected chi connectivity index (χ4v) is 2.71. The molecule has 0 N–H and O–H groups in total. The first-order valence-corrected chi connectivity index (χ1v) is 8.06. The van der Waals surface area contributed by atoms with Gasteiger partial charge in [-0.2, -0.15) is 8.78 Å². The van der Waals surface area contributed by atoms with Crippen LogP contribution in [0, 0.1) is 0 Å². The van der Waals surface area contributed by atoms with Gasteiger partial charge >= 0.3 is 12.6 Å². The molecule has 27 heavy (non-hydrogen) atoms. The summed E-state index contributed by atoms with van der Waals surface area (Å²) in [5, 5.41) is 0. The number of benzene rings is 2. The molecule has 0 bridgehead atoms. The van der Waals surface area contributed by atoms with E-state index in [4.69, 9.17) is 4.74 Å². The molecule has 0 aromatic heterocycles. The molecule has 0 fully saturated rings. The molecule has 1 aliphatic heterocycles. The molecule has 1 aliphatic rings. The predicted molar refractivity (Wildman–Crippen MR) is 89.3 cm³/mol. The Hall–Kier alpha value is -3.29. The lowest BCUT2D eigenvalue weighted by Gasteiger charge is -2.21. The first kappa shape index (κ1) is 18.5. The lowest BCUT2D eigenvalue weighted by molar-refractivity contribution is -0.149. The molecule has 2 aromatic carbocycles. The van der Waals surface area contributed by atoms with Crippen LogP contribution in [0.1, 0.15) is 33.2 Å². The first-order valence-electron chi connectivity index (χ1n) is 8.06. The minimum absolute atomic E-state index is 0.0144. The van der Waals surface area contributed by atoms with Gasteiger partial charge in [0.1, 0.15) is 18.4 Å². The molecule has 0 saturated carbocycles. The quantitative estimate of drug-likeness (QED) is 0.573. The molecule has 6 nitrogen and oxygen atoms in total. The smallest absolute Gasteiger partial charge is 0.387 e. The number of alkyl halides is 2. The van der Waals surface area contributed by atoms with Crippen molar-refractivity contribution in [3.8, 4) is 5.75 Å². The standard InChI is InChI=1S/C19H15F2NO5/c1-11(22-16(23)14-4-2-3-5-15(14)17(22)24)18(25)26-10-12-6-8-13(9-7-12)27-19(20)21/h2-9,11,19H,10H2,1H3. The van der Waals surface area contributed by atoms with Crippen molar-refractivity contribution in [3.05, 3.63) is 65.2 Å². The highest BCUT2D eigenvalue weighted by Crippen LogP contribution is 2.25. The second-order valence-electron chi connectivity index (χ2n) is 5.83. The van der Waals surface area contributed by atoms with Crippen LogP contribution in [0.4, 0.5) is 8.78 Å². The van der Waals surface area contributed by atoms with Crippen LogP contribution in [0.25, 0.3) is 0 Å². The van der Waals surface area contributed by atoms with E-state index in [1.807, 2.05) is 0 Å². The van der Waals surface area contributed by atoms with Crippen LogP contribution < -0.4 is 4.74 Å². The molecule has 0 radical (unpaired) electrons. The fourth-order valence-electron chi connectivity index (χ4n) is 2.71. The van der Waals surface area contributed by atoms with E-state index in [0.717, 1.165) is 4.90 Å². The Kier molecular flexibility index (Phi) is 5.16. The van der Waals surface area contributed by atoms with E-state index < -0.39 is 30.4 Å². The number of amides is 2. The SMILES string of the molecule is CC(C(=O)OCc1ccc(OC(F)F)cc1)N1C(=O)c2ccccc2C1=O. The summed E-state index contributed by atoms with van der Waals surface area (Å²) in [6.07, 6.45) is 0. The maximum absolute atomic E-state index is 12.4. The topological polar surface area (TPSA) is 72.9 Å². The second kappa shape index (κ2) is 7.53. The molecule has 1 heterocycles. The van der Waals surface area contributed by atoms with Crippen LogP contribution in [0.15, 0.2) is 48.5 Å². The van der Waals surface area contributed by atoms with Crippen molar-refractivity contribution in [2.24, 2.45) is 0 Å². The summed E-state index contributed by atoms with van der Waals surface area (Å²) in [6, 6.07) is 10.8. The van der Waals surface area contributed by atoms with E-state index in [9.17, 15) is 23.2 Å². The maximum Gasteiger partial charge on any atom is 0.387 e. The van der Waals surface area contributed by atoms with Crippen LogP contribution in [0.2, 0.25) is 0 Å². The number of fused-ring (bicyclic) bond motifs is 1. The Morgan fingerprint density at radius 3 is 2.07 bits per heavy atom. The largest absolute Gasteiger partial charge is 0.459 e. The molecule has 3 rings (SSSR count). The third-order valence-electron chi connectivity index (χ3n) is 4.08. The summed E-state index contributed by atoms with van der Waals surface area (Å²) < 4.78 is 33.6. The lowest BCUT2D eigenvalue weighted by Crippen LogP contribution is -2.43. The number of rotatable bonds is 6. The average molecular weight is 375 g/mol. The van der Waals surface area contributed by atoms with Crippen LogP contribution in [-0.4, -0.2) is 35.3 Å². The average Bonchev–Trinajstić information content (AvgIpc) is 2.91. The number of carbonyl (C=O) groups excluding carboxylic acids is 3. The van der Waals surface area contributed by atoms with Gasteiger partial charge in [-0.25, -0.2) is 4.79 Å². The predicted octanol–water partition coefficient (Wildman–Crippen LogP) is 3.02. The molecule has 0 spiro atoms. The number of hydrogen-bond donors (Lipinski definition) is 0. The molecule has 0 saturated heterocycles. The van der Waals surface area contributed by atoms with E-state index >= 15 is 0 Å². The minimum Gasteiger partial charge on any atom is -0.459 e. The van der Waals surface area contributed by atoms with Crippen LogP contribution >= 0.6 is 0 Å². The summed E-state index contributed by atoms with van der Waals surface area (Å²) >= 11 is 0. The van der Waals surface area contributed by atoms with Gasteiger partial charge in [0, 0.05) is 0 Å². The summed E-state index contributed by atoms with van der Waals surface area (Å²) in [7, 11) is 0. The molecule has 1 unspecified atom stereocenters. The van der Waals surface area contributed by atoms with E-state index in [2.05, 4.69) is 4.74 Å². The number of imide groups is 1. The summed E-state index contributed by atoms with van der Waals surface area (Å²) in [5.74, 6) is -1.86.